The van der Waals surface area contributed by atoms with Gasteiger partial charge in [-0.25, -0.2) is 13.9 Å². The van der Waals surface area contributed by atoms with Gasteiger partial charge in [0, 0.05) is 0 Å². The van der Waals surface area contributed by atoms with Crippen LogP contribution in [0.2, 0.25) is 0 Å². The molecule has 1 fully saturated rings. The first kappa shape index (κ1) is 16.2. The van der Waals surface area contributed by atoms with Crippen LogP contribution in [0.1, 0.15) is 52.0 Å². The number of fused-ring (bicyclic) bond motifs is 1. The molecule has 1 aliphatic heterocycles. The van der Waals surface area contributed by atoms with Crippen molar-refractivity contribution in [2.24, 2.45) is 11.8 Å². The fourth-order valence-corrected chi connectivity index (χ4v) is 3.47. The van der Waals surface area contributed by atoms with E-state index in [9.17, 15) is 13.3 Å². The number of benzene rings is 1. The fourth-order valence-electron chi connectivity index (χ4n) is 3.47. The molecule has 0 bridgehead atoms. The van der Waals surface area contributed by atoms with E-state index in [1.807, 2.05) is 13.8 Å². The average molecular weight is 299 g/mol. The van der Waals surface area contributed by atoms with E-state index in [1.54, 1.807) is 0 Å². The van der Waals surface area contributed by atoms with Gasteiger partial charge in [-0.1, -0.05) is 44.2 Å². The van der Waals surface area contributed by atoms with Gasteiger partial charge in [0.05, 0.1) is 6.04 Å². The maximum absolute atomic E-state index is 14.3. The first-order chi connectivity index (χ1) is 10.1. The molecule has 0 N–H and O–H groups in total. The zero-order valence-electron chi connectivity index (χ0n) is 13.0. The number of anilines is 1. The lowest BCUT2D eigenvalue weighted by Gasteiger charge is -2.32. The normalized spacial score (nSPS) is 27.9. The number of halogens is 3. The topological polar surface area (TPSA) is 3.24 Å². The van der Waals surface area contributed by atoms with E-state index >= 15 is 0 Å². The summed E-state index contributed by atoms with van der Waals surface area (Å²) in [4.78, 5) is 0. The van der Waals surface area contributed by atoms with Gasteiger partial charge in [-0.3, -0.25) is 0 Å². The summed E-state index contributed by atoms with van der Waals surface area (Å²) in [6.45, 7) is 6.21. The minimum absolute atomic E-state index is 0.177. The molecule has 1 aromatic rings. The van der Waals surface area contributed by atoms with Crippen molar-refractivity contribution in [3.8, 4) is 0 Å². The molecule has 1 aromatic carbocycles. The van der Waals surface area contributed by atoms with Crippen LogP contribution in [0, 0.1) is 23.5 Å². The Balaban J connectivity index is 0.000000774. The van der Waals surface area contributed by atoms with Crippen molar-refractivity contribution in [2.45, 2.75) is 58.9 Å². The van der Waals surface area contributed by atoms with Gasteiger partial charge in [0.15, 0.2) is 11.6 Å². The molecule has 0 radical (unpaired) electrons. The molecule has 3 rings (SSSR count). The highest BCUT2D eigenvalue weighted by Gasteiger charge is 2.39. The summed E-state index contributed by atoms with van der Waals surface area (Å²) >= 11 is 0. The minimum atomic E-state index is -1.05. The third kappa shape index (κ3) is 3.04. The Morgan fingerprint density at radius 3 is 2.29 bits per heavy atom. The summed E-state index contributed by atoms with van der Waals surface area (Å²) in [6.07, 6.45) is 4.64. The van der Waals surface area contributed by atoms with Crippen molar-refractivity contribution in [2.75, 3.05) is 5.12 Å². The zero-order valence-corrected chi connectivity index (χ0v) is 13.0. The van der Waals surface area contributed by atoms with Crippen LogP contribution < -0.4 is 5.12 Å². The number of nitrogens with zero attached hydrogens (tertiary/aromatic N) is 1. The Hall–Kier alpha value is -1.19. The maximum atomic E-state index is 14.3. The van der Waals surface area contributed by atoms with Gasteiger partial charge in [-0.05, 0) is 42.7 Å². The molecule has 1 aliphatic carbocycles. The molecule has 1 unspecified atom stereocenters. The van der Waals surface area contributed by atoms with E-state index in [0.29, 0.717) is 23.0 Å². The summed E-state index contributed by atoms with van der Waals surface area (Å²) in [5.74, 6) is -1.08. The molecule has 2 aliphatic rings. The van der Waals surface area contributed by atoms with Crippen LogP contribution in [0.5, 0.6) is 0 Å². The van der Waals surface area contributed by atoms with Crippen molar-refractivity contribution < 1.29 is 13.3 Å². The maximum Gasteiger partial charge on any atom is 0.184 e. The molecule has 0 aromatic heterocycles. The second-order valence-corrected chi connectivity index (χ2v) is 5.97. The van der Waals surface area contributed by atoms with Crippen LogP contribution in [-0.4, -0.2) is 6.04 Å². The SMILES string of the molecule is CC.CC1CCC(C2Cc3ccc(F)c(F)c3N2F)CC1. The van der Waals surface area contributed by atoms with Crippen molar-refractivity contribution in [1.29, 1.82) is 0 Å². The molecule has 0 spiro atoms. The Kier molecular flexibility index (Phi) is 5.17. The Morgan fingerprint density at radius 2 is 1.67 bits per heavy atom. The van der Waals surface area contributed by atoms with Crippen molar-refractivity contribution in [3.63, 3.8) is 0 Å². The predicted octanol–water partition coefficient (Wildman–Crippen LogP) is 5.43. The molecule has 1 saturated carbocycles. The Bertz CT molecular complexity index is 481. The first-order valence-electron chi connectivity index (χ1n) is 7.99. The molecular weight excluding hydrogens is 275 g/mol. The minimum Gasteiger partial charge on any atom is -0.205 e. The summed E-state index contributed by atoms with van der Waals surface area (Å²) < 4.78 is 41.2. The molecule has 21 heavy (non-hydrogen) atoms. The molecule has 0 saturated heterocycles. The second-order valence-electron chi connectivity index (χ2n) is 5.97. The van der Waals surface area contributed by atoms with Crippen LogP contribution >= 0.6 is 0 Å². The molecule has 1 heterocycles. The van der Waals surface area contributed by atoms with Gasteiger partial charge in [-0.2, -0.15) is 0 Å². The summed E-state index contributed by atoms with van der Waals surface area (Å²) in [5.41, 5.74) is 0.411. The lowest BCUT2D eigenvalue weighted by atomic mass is 9.78. The van der Waals surface area contributed by atoms with Crippen molar-refractivity contribution >= 4 is 5.69 Å². The van der Waals surface area contributed by atoms with Gasteiger partial charge >= 0.3 is 0 Å². The average Bonchev–Trinajstić information content (AvgIpc) is 2.84. The summed E-state index contributed by atoms with van der Waals surface area (Å²) in [7, 11) is 0. The van der Waals surface area contributed by atoms with E-state index in [4.69, 9.17) is 0 Å². The van der Waals surface area contributed by atoms with Crippen LogP contribution in [-0.2, 0) is 6.42 Å². The smallest absolute Gasteiger partial charge is 0.184 e. The van der Waals surface area contributed by atoms with Gasteiger partial charge in [0.2, 0.25) is 0 Å². The number of hydrogen-bond donors (Lipinski definition) is 0. The predicted molar refractivity (Wildman–Crippen MR) is 79.9 cm³/mol. The van der Waals surface area contributed by atoms with Gasteiger partial charge in [0.25, 0.3) is 0 Å². The van der Waals surface area contributed by atoms with Crippen LogP contribution in [0.3, 0.4) is 0 Å². The molecule has 118 valence electrons. The standard InChI is InChI=1S/C15H18F3N.C2H6/c1-9-2-4-10(5-3-9)13-8-11-6-7-12(16)14(17)15(11)19(13)18;1-2/h6-7,9-10,13H,2-5,8H2,1H3;1-2H3. The number of hydrogen-bond acceptors (Lipinski definition) is 1. The Labute approximate surface area is 125 Å². The largest absolute Gasteiger partial charge is 0.205 e. The highest BCUT2D eigenvalue weighted by molar-refractivity contribution is 5.58. The van der Waals surface area contributed by atoms with E-state index in [0.717, 1.165) is 31.7 Å². The summed E-state index contributed by atoms with van der Waals surface area (Å²) in [6, 6.07) is 2.28. The summed E-state index contributed by atoms with van der Waals surface area (Å²) in [5, 5.41) is 0.481. The van der Waals surface area contributed by atoms with Crippen LogP contribution in [0.15, 0.2) is 12.1 Å². The highest BCUT2D eigenvalue weighted by Crippen LogP contribution is 2.42. The van der Waals surface area contributed by atoms with E-state index in [2.05, 4.69) is 6.92 Å². The Morgan fingerprint density at radius 1 is 1.05 bits per heavy atom. The van der Waals surface area contributed by atoms with Crippen LogP contribution in [0.4, 0.5) is 18.9 Å². The molecule has 1 nitrogen and oxygen atoms in total. The van der Waals surface area contributed by atoms with Gasteiger partial charge in [0.1, 0.15) is 5.69 Å². The third-order valence-electron chi connectivity index (χ3n) is 4.69. The fraction of sp³-hybridized carbons (Fsp3) is 0.647. The quantitative estimate of drug-likeness (QED) is 0.625. The molecule has 0 amide bonds. The van der Waals surface area contributed by atoms with Crippen LogP contribution in [0.25, 0.3) is 0 Å². The lowest BCUT2D eigenvalue weighted by Crippen LogP contribution is -2.35. The zero-order chi connectivity index (χ0) is 15.6. The third-order valence-corrected chi connectivity index (χ3v) is 4.69. The van der Waals surface area contributed by atoms with E-state index in [1.165, 1.54) is 6.07 Å². The highest BCUT2D eigenvalue weighted by atomic mass is 19.2. The molecule has 1 atom stereocenters. The van der Waals surface area contributed by atoms with Crippen molar-refractivity contribution in [1.82, 2.24) is 0 Å². The van der Waals surface area contributed by atoms with E-state index < -0.39 is 11.6 Å². The lowest BCUT2D eigenvalue weighted by molar-refractivity contribution is 0.215. The molecular formula is C17H24F3N. The van der Waals surface area contributed by atoms with E-state index in [-0.39, 0.29) is 17.6 Å². The number of rotatable bonds is 1. The van der Waals surface area contributed by atoms with Crippen molar-refractivity contribution in [3.05, 3.63) is 29.3 Å². The first-order valence-corrected chi connectivity index (χ1v) is 7.99. The molecule has 4 heteroatoms. The van der Waals surface area contributed by atoms with Gasteiger partial charge in [-0.15, -0.1) is 0 Å². The van der Waals surface area contributed by atoms with Gasteiger partial charge < -0.3 is 0 Å². The second kappa shape index (κ2) is 6.71. The monoisotopic (exact) mass is 299 g/mol.